The standard InChI is InChI=1S/C18H20N2O4/c1-12-19-15(10-23-12)17(22)20-8-16(21)18(11-20)7-14(9-24-18)13-5-3-2-4-6-13/h2-6,10,14,16,21H,7-9,11H2,1H3/t14-,16-,18-/m1/s1. The fourth-order valence-electron chi connectivity index (χ4n) is 3.73. The Kier molecular flexibility index (Phi) is 3.66. The number of aliphatic hydroxyl groups excluding tert-OH is 1. The van der Waals surface area contributed by atoms with Crippen molar-refractivity contribution in [1.29, 1.82) is 0 Å². The summed E-state index contributed by atoms with van der Waals surface area (Å²) >= 11 is 0. The minimum absolute atomic E-state index is 0.227. The van der Waals surface area contributed by atoms with Gasteiger partial charge in [0.25, 0.3) is 5.91 Å². The van der Waals surface area contributed by atoms with E-state index < -0.39 is 11.7 Å². The van der Waals surface area contributed by atoms with Crippen LogP contribution in [0.3, 0.4) is 0 Å². The van der Waals surface area contributed by atoms with Crippen molar-refractivity contribution in [2.24, 2.45) is 0 Å². The van der Waals surface area contributed by atoms with Crippen molar-refractivity contribution in [3.8, 4) is 0 Å². The summed E-state index contributed by atoms with van der Waals surface area (Å²) in [7, 11) is 0. The fraction of sp³-hybridized carbons (Fsp3) is 0.444. The monoisotopic (exact) mass is 328 g/mol. The molecule has 6 heteroatoms. The zero-order valence-electron chi connectivity index (χ0n) is 13.5. The average Bonchev–Trinajstić information content (AvgIpc) is 3.29. The summed E-state index contributed by atoms with van der Waals surface area (Å²) in [6, 6.07) is 10.2. The van der Waals surface area contributed by atoms with Crippen LogP contribution in [0.5, 0.6) is 0 Å². The van der Waals surface area contributed by atoms with Crippen LogP contribution in [0.15, 0.2) is 41.0 Å². The second-order valence-electron chi connectivity index (χ2n) is 6.64. The molecule has 0 bridgehead atoms. The van der Waals surface area contributed by atoms with E-state index >= 15 is 0 Å². The third kappa shape index (κ3) is 2.52. The Morgan fingerprint density at radius 3 is 2.88 bits per heavy atom. The number of aromatic nitrogens is 1. The second kappa shape index (κ2) is 5.72. The topological polar surface area (TPSA) is 75.8 Å². The number of carbonyl (C=O) groups is 1. The van der Waals surface area contributed by atoms with Crippen molar-refractivity contribution >= 4 is 5.91 Å². The Balaban J connectivity index is 1.50. The first-order chi connectivity index (χ1) is 11.6. The zero-order chi connectivity index (χ0) is 16.7. The van der Waals surface area contributed by atoms with Crippen LogP contribution in [0.1, 0.15) is 34.3 Å². The van der Waals surface area contributed by atoms with Crippen molar-refractivity contribution < 1.29 is 19.1 Å². The lowest BCUT2D eigenvalue weighted by Crippen LogP contribution is -2.41. The third-order valence-corrected chi connectivity index (χ3v) is 5.02. The molecule has 0 unspecified atom stereocenters. The highest BCUT2D eigenvalue weighted by molar-refractivity contribution is 5.92. The quantitative estimate of drug-likeness (QED) is 0.909. The zero-order valence-corrected chi connectivity index (χ0v) is 13.5. The van der Waals surface area contributed by atoms with Crippen LogP contribution >= 0.6 is 0 Å². The highest BCUT2D eigenvalue weighted by atomic mass is 16.5. The van der Waals surface area contributed by atoms with E-state index in [0.717, 1.165) is 0 Å². The molecule has 0 aliphatic carbocycles. The molecule has 126 valence electrons. The SMILES string of the molecule is Cc1nc(C(=O)N2C[C@@H](O)[C@@]3(C[C@@H](c4ccccc4)CO3)C2)co1. The second-order valence-corrected chi connectivity index (χ2v) is 6.64. The molecule has 2 fully saturated rings. The molecule has 6 nitrogen and oxygen atoms in total. The Labute approximate surface area is 140 Å². The van der Waals surface area contributed by atoms with Gasteiger partial charge in [0.05, 0.1) is 13.2 Å². The predicted molar refractivity (Wildman–Crippen MR) is 85.6 cm³/mol. The molecule has 1 N–H and O–H groups in total. The first-order valence-electron chi connectivity index (χ1n) is 8.16. The maximum Gasteiger partial charge on any atom is 0.276 e. The number of β-amino-alcohol motifs (C(OH)–C–C–N with tert-alkyl or cyclic N) is 1. The van der Waals surface area contributed by atoms with Crippen molar-refractivity contribution in [1.82, 2.24) is 9.88 Å². The van der Waals surface area contributed by atoms with Crippen LogP contribution in [0.4, 0.5) is 0 Å². The van der Waals surface area contributed by atoms with Gasteiger partial charge in [0.15, 0.2) is 11.6 Å². The molecule has 1 amide bonds. The number of carbonyl (C=O) groups excluding carboxylic acids is 1. The molecular weight excluding hydrogens is 308 g/mol. The van der Waals surface area contributed by atoms with Gasteiger partial charge in [0.2, 0.25) is 0 Å². The van der Waals surface area contributed by atoms with Gasteiger partial charge in [-0.15, -0.1) is 0 Å². The van der Waals surface area contributed by atoms with Crippen LogP contribution in [-0.2, 0) is 4.74 Å². The van der Waals surface area contributed by atoms with E-state index in [1.54, 1.807) is 11.8 Å². The van der Waals surface area contributed by atoms with Gasteiger partial charge >= 0.3 is 0 Å². The predicted octanol–water partition coefficient (Wildman–Crippen LogP) is 1.74. The summed E-state index contributed by atoms with van der Waals surface area (Å²) in [6.45, 7) is 2.89. The molecule has 2 saturated heterocycles. The number of ether oxygens (including phenoxy) is 1. The number of aryl methyl sites for hydroxylation is 1. The molecule has 0 saturated carbocycles. The van der Waals surface area contributed by atoms with Crippen LogP contribution in [0.25, 0.3) is 0 Å². The minimum Gasteiger partial charge on any atom is -0.448 e. The number of hydrogen-bond donors (Lipinski definition) is 1. The first kappa shape index (κ1) is 15.4. The van der Waals surface area contributed by atoms with Gasteiger partial charge < -0.3 is 19.2 Å². The number of benzene rings is 1. The lowest BCUT2D eigenvalue weighted by atomic mass is 9.87. The van der Waals surface area contributed by atoms with Gasteiger partial charge in [-0.2, -0.15) is 0 Å². The van der Waals surface area contributed by atoms with Crippen LogP contribution in [0.2, 0.25) is 0 Å². The molecular formula is C18H20N2O4. The summed E-state index contributed by atoms with van der Waals surface area (Å²) in [6.07, 6.45) is 1.38. The van der Waals surface area contributed by atoms with Gasteiger partial charge in [-0.3, -0.25) is 4.79 Å². The van der Waals surface area contributed by atoms with E-state index in [1.807, 2.05) is 18.2 Å². The molecule has 0 radical (unpaired) electrons. The highest BCUT2D eigenvalue weighted by Crippen LogP contribution is 2.42. The molecule has 2 aliphatic rings. The molecule has 1 spiro atoms. The Morgan fingerprint density at radius 1 is 1.38 bits per heavy atom. The van der Waals surface area contributed by atoms with Crippen molar-refractivity contribution in [3.63, 3.8) is 0 Å². The van der Waals surface area contributed by atoms with E-state index in [0.29, 0.717) is 25.5 Å². The average molecular weight is 328 g/mol. The number of oxazole rings is 1. The third-order valence-electron chi connectivity index (χ3n) is 5.02. The summed E-state index contributed by atoms with van der Waals surface area (Å²) in [4.78, 5) is 18.2. The number of amides is 1. The van der Waals surface area contributed by atoms with E-state index in [-0.39, 0.29) is 24.1 Å². The molecule has 1 aromatic heterocycles. The van der Waals surface area contributed by atoms with Crippen molar-refractivity contribution in [2.75, 3.05) is 19.7 Å². The fourth-order valence-corrected chi connectivity index (χ4v) is 3.73. The first-order valence-corrected chi connectivity index (χ1v) is 8.16. The lowest BCUT2D eigenvalue weighted by Gasteiger charge is -2.25. The van der Waals surface area contributed by atoms with Gasteiger partial charge in [-0.05, 0) is 12.0 Å². The molecule has 2 aliphatic heterocycles. The minimum atomic E-state index is -0.692. The molecule has 3 heterocycles. The largest absolute Gasteiger partial charge is 0.448 e. The van der Waals surface area contributed by atoms with Gasteiger partial charge in [0, 0.05) is 19.4 Å². The molecule has 2 aromatic rings. The van der Waals surface area contributed by atoms with Crippen LogP contribution in [0, 0.1) is 6.92 Å². The smallest absolute Gasteiger partial charge is 0.276 e. The number of hydrogen-bond acceptors (Lipinski definition) is 5. The molecule has 4 rings (SSSR count). The summed E-state index contributed by atoms with van der Waals surface area (Å²) in [5.41, 5.74) is 0.794. The number of rotatable bonds is 2. The molecule has 3 atom stereocenters. The maximum absolute atomic E-state index is 12.5. The van der Waals surface area contributed by atoms with Crippen molar-refractivity contribution in [2.45, 2.75) is 31.0 Å². The van der Waals surface area contributed by atoms with Gasteiger partial charge in [-0.25, -0.2) is 4.98 Å². The lowest BCUT2D eigenvalue weighted by molar-refractivity contribution is -0.0591. The molecule has 1 aromatic carbocycles. The number of likely N-dealkylation sites (tertiary alicyclic amines) is 1. The van der Waals surface area contributed by atoms with E-state index in [9.17, 15) is 9.90 Å². The molecule has 24 heavy (non-hydrogen) atoms. The summed E-state index contributed by atoms with van der Waals surface area (Å²) in [5.74, 6) is 0.466. The Bertz CT molecular complexity index is 744. The Hall–Kier alpha value is -2.18. The summed E-state index contributed by atoms with van der Waals surface area (Å²) in [5, 5.41) is 10.6. The van der Waals surface area contributed by atoms with Gasteiger partial charge in [-0.1, -0.05) is 30.3 Å². The van der Waals surface area contributed by atoms with Gasteiger partial charge in [0.1, 0.15) is 18.0 Å². The van der Waals surface area contributed by atoms with Crippen molar-refractivity contribution in [3.05, 3.63) is 53.7 Å². The number of nitrogens with zero attached hydrogens (tertiary/aromatic N) is 2. The van der Waals surface area contributed by atoms with E-state index in [2.05, 4.69) is 17.1 Å². The maximum atomic E-state index is 12.5. The Morgan fingerprint density at radius 2 is 2.17 bits per heavy atom. The van der Waals surface area contributed by atoms with E-state index in [1.165, 1.54) is 11.8 Å². The normalized spacial score (nSPS) is 29.5. The van der Waals surface area contributed by atoms with Crippen LogP contribution in [-0.4, -0.2) is 52.3 Å². The van der Waals surface area contributed by atoms with E-state index in [4.69, 9.17) is 9.15 Å². The summed E-state index contributed by atoms with van der Waals surface area (Å²) < 4.78 is 11.1. The van der Waals surface area contributed by atoms with Crippen LogP contribution < -0.4 is 0 Å². The number of aliphatic hydroxyl groups is 1. The highest BCUT2D eigenvalue weighted by Gasteiger charge is 2.53.